The van der Waals surface area contributed by atoms with Gasteiger partial charge >= 0.3 is 0 Å². The first-order valence-corrected chi connectivity index (χ1v) is 11.5. The highest BCUT2D eigenvalue weighted by Gasteiger charge is 2.17. The fourth-order valence-electron chi connectivity index (χ4n) is 3.41. The fraction of sp³-hybridized carbons (Fsp3) is 0.348. The molecule has 3 aromatic heterocycles. The van der Waals surface area contributed by atoms with Crippen LogP contribution in [-0.4, -0.2) is 41.0 Å². The first-order chi connectivity index (χ1) is 15.3. The molecule has 3 heterocycles. The zero-order chi connectivity index (χ0) is 22.9. The largest absolute Gasteiger partial charge is 0.332 e. The molecule has 0 unspecified atom stereocenters. The molecule has 1 N–H and O–H groups in total. The molecule has 0 saturated carbocycles. The van der Waals surface area contributed by atoms with E-state index in [1.165, 1.54) is 17.3 Å². The second kappa shape index (κ2) is 8.74. The van der Waals surface area contributed by atoms with Crippen molar-refractivity contribution in [2.75, 3.05) is 11.1 Å². The Balaban J connectivity index is 1.45. The van der Waals surface area contributed by atoms with Gasteiger partial charge in [-0.1, -0.05) is 44.7 Å². The predicted molar refractivity (Wildman–Crippen MR) is 128 cm³/mol. The number of hydrogen-bond acceptors (Lipinski definition) is 6. The van der Waals surface area contributed by atoms with E-state index in [9.17, 15) is 4.79 Å². The lowest BCUT2D eigenvalue weighted by Gasteiger charge is -2.19. The van der Waals surface area contributed by atoms with Gasteiger partial charge in [-0.25, -0.2) is 9.97 Å². The Kier molecular flexibility index (Phi) is 6.01. The highest BCUT2D eigenvalue weighted by atomic mass is 32.2. The summed E-state index contributed by atoms with van der Waals surface area (Å²) in [5.74, 6) is 0.894. The lowest BCUT2D eigenvalue weighted by Crippen LogP contribution is -2.15. The van der Waals surface area contributed by atoms with E-state index in [1.807, 2.05) is 41.3 Å². The monoisotopic (exact) mass is 449 g/mol. The van der Waals surface area contributed by atoms with Crippen LogP contribution in [0.2, 0.25) is 0 Å². The quantitative estimate of drug-likeness (QED) is 0.442. The van der Waals surface area contributed by atoms with Crippen molar-refractivity contribution in [1.29, 1.82) is 0 Å². The molecule has 1 aromatic carbocycles. The number of fused-ring (bicyclic) bond motifs is 1. The minimum absolute atomic E-state index is 0.0799. The maximum absolute atomic E-state index is 12.5. The van der Waals surface area contributed by atoms with Crippen molar-refractivity contribution in [3.8, 4) is 11.4 Å². The van der Waals surface area contributed by atoms with Gasteiger partial charge in [0.05, 0.1) is 17.6 Å². The maximum atomic E-state index is 12.5. The summed E-state index contributed by atoms with van der Waals surface area (Å²) in [6.45, 7) is 9.22. The predicted octanol–water partition coefficient (Wildman–Crippen LogP) is 4.28. The minimum atomic E-state index is -0.0799. The molecular weight excluding hydrogens is 422 g/mol. The molecule has 0 bridgehead atoms. The van der Waals surface area contributed by atoms with E-state index in [4.69, 9.17) is 0 Å². The van der Waals surface area contributed by atoms with Gasteiger partial charge in [-0.2, -0.15) is 0 Å². The second-order valence-corrected chi connectivity index (χ2v) is 9.58. The number of carbonyl (C=O) groups excluding carboxylic acids is 1. The molecule has 166 valence electrons. The lowest BCUT2D eigenvalue weighted by molar-refractivity contribution is -0.113. The number of aryl methyl sites for hydroxylation is 1. The van der Waals surface area contributed by atoms with Crippen molar-refractivity contribution in [2.45, 2.75) is 44.8 Å². The van der Waals surface area contributed by atoms with E-state index in [0.717, 1.165) is 22.6 Å². The summed E-state index contributed by atoms with van der Waals surface area (Å²) in [5, 5.41) is 12.3. The van der Waals surface area contributed by atoms with Gasteiger partial charge in [-0.3, -0.25) is 4.79 Å². The average molecular weight is 450 g/mol. The topological polar surface area (TPSA) is 90.5 Å². The van der Waals surface area contributed by atoms with E-state index in [1.54, 1.807) is 12.5 Å². The Morgan fingerprint density at radius 1 is 1.12 bits per heavy atom. The van der Waals surface area contributed by atoms with Crippen molar-refractivity contribution in [1.82, 2.24) is 29.3 Å². The summed E-state index contributed by atoms with van der Waals surface area (Å²) in [6.07, 6.45) is 3.50. The van der Waals surface area contributed by atoms with E-state index in [-0.39, 0.29) is 17.1 Å². The zero-order valence-corrected chi connectivity index (χ0v) is 19.8. The summed E-state index contributed by atoms with van der Waals surface area (Å²) in [4.78, 5) is 21.2. The number of anilines is 1. The molecule has 0 aliphatic rings. The second-order valence-electron chi connectivity index (χ2n) is 8.64. The Morgan fingerprint density at radius 2 is 1.88 bits per heavy atom. The normalized spacial score (nSPS) is 11.8. The summed E-state index contributed by atoms with van der Waals surface area (Å²) in [5.41, 5.74) is 4.59. The Hall–Kier alpha value is -3.20. The molecule has 0 aliphatic heterocycles. The molecule has 0 fully saturated rings. The molecule has 0 saturated heterocycles. The Morgan fingerprint density at radius 3 is 2.56 bits per heavy atom. The minimum Gasteiger partial charge on any atom is -0.332 e. The van der Waals surface area contributed by atoms with Crippen molar-refractivity contribution < 1.29 is 4.79 Å². The van der Waals surface area contributed by atoms with Crippen LogP contribution >= 0.6 is 11.8 Å². The van der Waals surface area contributed by atoms with Crippen LogP contribution in [0.5, 0.6) is 0 Å². The number of pyridine rings is 1. The molecule has 0 aliphatic carbocycles. The molecule has 0 atom stereocenters. The van der Waals surface area contributed by atoms with Crippen LogP contribution in [0.15, 0.2) is 48.0 Å². The van der Waals surface area contributed by atoms with E-state index >= 15 is 0 Å². The number of hydrogen-bond donors (Lipinski definition) is 1. The van der Waals surface area contributed by atoms with Crippen LogP contribution in [0, 0.1) is 0 Å². The molecule has 0 radical (unpaired) electrons. The van der Waals surface area contributed by atoms with Crippen molar-refractivity contribution >= 4 is 34.5 Å². The SMILES string of the molecule is CCn1c(SCC(=O)Nc2ccc(C(C)(C)C)cc2)nnc1-c1cnc2ncn(C)c2c1. The highest BCUT2D eigenvalue weighted by Crippen LogP contribution is 2.26. The van der Waals surface area contributed by atoms with Gasteiger partial charge in [0.15, 0.2) is 16.6 Å². The van der Waals surface area contributed by atoms with Gasteiger partial charge in [-0.15, -0.1) is 10.2 Å². The molecule has 4 aromatic rings. The number of benzene rings is 1. The number of carbonyl (C=O) groups is 1. The summed E-state index contributed by atoms with van der Waals surface area (Å²) in [7, 11) is 1.93. The molecule has 32 heavy (non-hydrogen) atoms. The number of nitrogens with zero attached hydrogens (tertiary/aromatic N) is 6. The molecule has 0 spiro atoms. The number of aromatic nitrogens is 6. The number of amides is 1. The van der Waals surface area contributed by atoms with Gasteiger partial charge < -0.3 is 14.5 Å². The third kappa shape index (κ3) is 4.52. The third-order valence-electron chi connectivity index (χ3n) is 5.24. The van der Waals surface area contributed by atoms with Crippen LogP contribution in [0.1, 0.15) is 33.3 Å². The number of rotatable bonds is 6. The summed E-state index contributed by atoms with van der Waals surface area (Å²) < 4.78 is 3.92. The van der Waals surface area contributed by atoms with Crippen LogP contribution in [0.3, 0.4) is 0 Å². The van der Waals surface area contributed by atoms with Gasteiger partial charge in [0.25, 0.3) is 0 Å². The van der Waals surface area contributed by atoms with E-state index in [0.29, 0.717) is 17.3 Å². The molecule has 9 heteroatoms. The van der Waals surface area contributed by atoms with Gasteiger partial charge in [-0.05, 0) is 36.1 Å². The fourth-order valence-corrected chi connectivity index (χ4v) is 4.21. The third-order valence-corrected chi connectivity index (χ3v) is 6.21. The van der Waals surface area contributed by atoms with Gasteiger partial charge in [0.1, 0.15) is 0 Å². The molecule has 4 rings (SSSR count). The number of imidazole rings is 1. The smallest absolute Gasteiger partial charge is 0.234 e. The Bertz CT molecular complexity index is 1250. The average Bonchev–Trinajstić information content (AvgIpc) is 3.35. The summed E-state index contributed by atoms with van der Waals surface area (Å²) >= 11 is 1.37. The Labute approximate surface area is 191 Å². The van der Waals surface area contributed by atoms with Crippen LogP contribution in [0.4, 0.5) is 5.69 Å². The lowest BCUT2D eigenvalue weighted by atomic mass is 9.87. The first-order valence-electron chi connectivity index (χ1n) is 10.5. The van der Waals surface area contributed by atoms with Crippen molar-refractivity contribution in [3.63, 3.8) is 0 Å². The molecule has 1 amide bonds. The number of thioether (sulfide) groups is 1. The van der Waals surface area contributed by atoms with Gasteiger partial charge in [0.2, 0.25) is 5.91 Å². The van der Waals surface area contributed by atoms with Crippen LogP contribution in [0.25, 0.3) is 22.6 Å². The van der Waals surface area contributed by atoms with Crippen molar-refractivity contribution in [2.24, 2.45) is 7.05 Å². The van der Waals surface area contributed by atoms with Crippen molar-refractivity contribution in [3.05, 3.63) is 48.4 Å². The highest BCUT2D eigenvalue weighted by molar-refractivity contribution is 7.99. The molecular formula is C23H27N7OS. The maximum Gasteiger partial charge on any atom is 0.234 e. The summed E-state index contributed by atoms with van der Waals surface area (Å²) in [6, 6.07) is 9.99. The first kappa shape index (κ1) is 22.0. The van der Waals surface area contributed by atoms with E-state index < -0.39 is 0 Å². The van der Waals surface area contributed by atoms with E-state index in [2.05, 4.69) is 58.4 Å². The molecule has 8 nitrogen and oxygen atoms in total. The van der Waals surface area contributed by atoms with Gasteiger partial charge in [0, 0.05) is 31.0 Å². The van der Waals surface area contributed by atoms with Crippen LogP contribution in [-0.2, 0) is 23.8 Å². The number of nitrogens with one attached hydrogen (secondary N) is 1. The zero-order valence-electron chi connectivity index (χ0n) is 19.0. The van der Waals surface area contributed by atoms with Crippen LogP contribution < -0.4 is 5.32 Å². The standard InChI is InChI=1S/C23H27N7OS/c1-6-30-21(15-11-18-20(24-12-15)25-14-29(18)5)27-28-22(30)32-13-19(31)26-17-9-7-16(8-10-17)23(2,3)4/h7-12,14H,6,13H2,1-5H3,(H,26,31).